The van der Waals surface area contributed by atoms with Crippen molar-refractivity contribution >= 4 is 0 Å². The zero-order valence-corrected chi connectivity index (χ0v) is 8.55. The highest BCUT2D eigenvalue weighted by atomic mass is 14.4. The molecule has 0 N–H and O–H groups in total. The fourth-order valence-corrected chi connectivity index (χ4v) is 3.59. The van der Waals surface area contributed by atoms with Gasteiger partial charge in [0, 0.05) is 0 Å². The number of hydrogen-bond donors (Lipinski definition) is 0. The van der Waals surface area contributed by atoms with Gasteiger partial charge in [-0.15, -0.1) is 0 Å². The van der Waals surface area contributed by atoms with Crippen molar-refractivity contribution in [1.82, 2.24) is 0 Å². The van der Waals surface area contributed by atoms with E-state index < -0.39 is 0 Å². The van der Waals surface area contributed by atoms with E-state index in [-0.39, 0.29) is 0 Å². The molecule has 0 spiro atoms. The first-order valence-electron chi connectivity index (χ1n) is 5.81. The molecule has 0 heterocycles. The average molecular weight is 166 g/mol. The Bertz CT molecular complexity index is 148. The third kappa shape index (κ3) is 1.41. The molecular weight excluding hydrogens is 144 g/mol. The van der Waals surface area contributed by atoms with E-state index >= 15 is 0 Å². The molecule has 0 aliphatic heterocycles. The first-order chi connectivity index (χ1) is 5.81. The Balaban J connectivity index is 2.03. The highest BCUT2D eigenvalue weighted by Gasteiger charge is 2.36. The quantitative estimate of drug-likeness (QED) is 0.555. The van der Waals surface area contributed by atoms with Gasteiger partial charge in [0.15, 0.2) is 0 Å². The van der Waals surface area contributed by atoms with Crippen LogP contribution in [0.2, 0.25) is 0 Å². The molecule has 0 nitrogen and oxygen atoms in total. The fraction of sp³-hybridized carbons (Fsp3) is 1.00. The summed E-state index contributed by atoms with van der Waals surface area (Å²) in [4.78, 5) is 0. The Morgan fingerprint density at radius 1 is 1.17 bits per heavy atom. The molecule has 2 aliphatic carbocycles. The minimum atomic E-state index is 1.03. The number of fused-ring (bicyclic) bond motifs is 2. The normalized spacial score (nSPS) is 47.5. The molecule has 0 amide bonds. The third-order valence-corrected chi connectivity index (χ3v) is 4.47. The van der Waals surface area contributed by atoms with Crippen molar-refractivity contribution in [1.29, 1.82) is 0 Å². The SMILES string of the molecule is CCC1CC2CCCC(C2)C1C. The largest absolute Gasteiger partial charge is 0.0651 e. The van der Waals surface area contributed by atoms with Crippen LogP contribution in [0.5, 0.6) is 0 Å². The van der Waals surface area contributed by atoms with Gasteiger partial charge in [-0.1, -0.05) is 39.5 Å². The minimum absolute atomic E-state index is 1.03. The van der Waals surface area contributed by atoms with Crippen molar-refractivity contribution in [2.75, 3.05) is 0 Å². The van der Waals surface area contributed by atoms with Crippen LogP contribution in [-0.4, -0.2) is 0 Å². The standard InChI is InChI=1S/C12H22/c1-3-11-7-10-5-4-6-12(8-10)9(11)2/h9-12H,3-8H2,1-2H3. The molecule has 0 aromatic rings. The number of rotatable bonds is 1. The summed E-state index contributed by atoms with van der Waals surface area (Å²) in [6.07, 6.45) is 9.14. The first kappa shape index (κ1) is 8.59. The van der Waals surface area contributed by atoms with E-state index in [1.165, 1.54) is 19.3 Å². The monoisotopic (exact) mass is 166 g/mol. The van der Waals surface area contributed by atoms with E-state index in [9.17, 15) is 0 Å². The summed E-state index contributed by atoms with van der Waals surface area (Å²) in [5.74, 6) is 4.31. The van der Waals surface area contributed by atoms with Gasteiger partial charge < -0.3 is 0 Å². The predicted molar refractivity (Wildman–Crippen MR) is 53.0 cm³/mol. The summed E-state index contributed by atoms with van der Waals surface area (Å²) in [5.41, 5.74) is 0. The molecule has 0 aromatic carbocycles. The molecule has 12 heavy (non-hydrogen) atoms. The van der Waals surface area contributed by atoms with E-state index in [1.807, 2.05) is 0 Å². The van der Waals surface area contributed by atoms with E-state index in [0.717, 1.165) is 23.7 Å². The molecule has 0 heteroatoms. The van der Waals surface area contributed by atoms with Crippen LogP contribution in [0.3, 0.4) is 0 Å². The summed E-state index contributed by atoms with van der Waals surface area (Å²) in [5, 5.41) is 0. The molecule has 0 aromatic heterocycles. The molecule has 4 unspecified atom stereocenters. The molecule has 2 fully saturated rings. The van der Waals surface area contributed by atoms with E-state index in [0.29, 0.717) is 0 Å². The summed E-state index contributed by atoms with van der Waals surface area (Å²) in [6, 6.07) is 0. The second-order valence-corrected chi connectivity index (χ2v) is 5.06. The Hall–Kier alpha value is 0. The van der Waals surface area contributed by atoms with Crippen LogP contribution < -0.4 is 0 Å². The maximum Gasteiger partial charge on any atom is -0.0383 e. The third-order valence-electron chi connectivity index (χ3n) is 4.47. The van der Waals surface area contributed by atoms with Crippen molar-refractivity contribution < 1.29 is 0 Å². The first-order valence-corrected chi connectivity index (χ1v) is 5.81. The van der Waals surface area contributed by atoms with Crippen LogP contribution in [0, 0.1) is 23.7 Å². The molecule has 2 rings (SSSR count). The van der Waals surface area contributed by atoms with Crippen molar-refractivity contribution in [2.24, 2.45) is 23.7 Å². The number of hydrogen-bond acceptors (Lipinski definition) is 0. The van der Waals surface area contributed by atoms with E-state index in [4.69, 9.17) is 0 Å². The fourth-order valence-electron chi connectivity index (χ4n) is 3.59. The predicted octanol–water partition coefficient (Wildman–Crippen LogP) is 3.86. The zero-order chi connectivity index (χ0) is 8.55. The average Bonchev–Trinajstić information content (AvgIpc) is 2.12. The molecule has 2 bridgehead atoms. The van der Waals surface area contributed by atoms with Gasteiger partial charge in [-0.3, -0.25) is 0 Å². The zero-order valence-electron chi connectivity index (χ0n) is 8.55. The van der Waals surface area contributed by atoms with Crippen molar-refractivity contribution in [3.05, 3.63) is 0 Å². The lowest BCUT2D eigenvalue weighted by atomic mass is 9.62. The lowest BCUT2D eigenvalue weighted by Gasteiger charge is -2.43. The van der Waals surface area contributed by atoms with E-state index in [2.05, 4.69) is 13.8 Å². The van der Waals surface area contributed by atoms with Gasteiger partial charge in [0.05, 0.1) is 0 Å². The van der Waals surface area contributed by atoms with E-state index in [1.54, 1.807) is 19.3 Å². The topological polar surface area (TPSA) is 0 Å². The molecule has 2 aliphatic rings. The van der Waals surface area contributed by atoms with Crippen molar-refractivity contribution in [2.45, 2.75) is 52.4 Å². The van der Waals surface area contributed by atoms with Gasteiger partial charge in [0.1, 0.15) is 0 Å². The second-order valence-electron chi connectivity index (χ2n) is 5.06. The molecular formula is C12H22. The Morgan fingerprint density at radius 2 is 2.00 bits per heavy atom. The van der Waals surface area contributed by atoms with Crippen LogP contribution in [0.4, 0.5) is 0 Å². The molecule has 0 saturated heterocycles. The van der Waals surface area contributed by atoms with Gasteiger partial charge in [-0.2, -0.15) is 0 Å². The molecule has 0 radical (unpaired) electrons. The van der Waals surface area contributed by atoms with Crippen LogP contribution in [0.15, 0.2) is 0 Å². The smallest absolute Gasteiger partial charge is 0.0383 e. The minimum Gasteiger partial charge on any atom is -0.0651 e. The molecule has 2 saturated carbocycles. The Labute approximate surface area is 76.7 Å². The summed E-state index contributed by atoms with van der Waals surface area (Å²) in [7, 11) is 0. The van der Waals surface area contributed by atoms with Gasteiger partial charge >= 0.3 is 0 Å². The summed E-state index contributed by atoms with van der Waals surface area (Å²) < 4.78 is 0. The Morgan fingerprint density at radius 3 is 2.75 bits per heavy atom. The highest BCUT2D eigenvalue weighted by molar-refractivity contribution is 4.86. The van der Waals surface area contributed by atoms with Crippen molar-refractivity contribution in [3.63, 3.8) is 0 Å². The van der Waals surface area contributed by atoms with Crippen LogP contribution >= 0.6 is 0 Å². The lowest BCUT2D eigenvalue weighted by molar-refractivity contribution is 0.0716. The van der Waals surface area contributed by atoms with Gasteiger partial charge in [0.2, 0.25) is 0 Å². The van der Waals surface area contributed by atoms with Crippen LogP contribution in [0.1, 0.15) is 52.4 Å². The van der Waals surface area contributed by atoms with Gasteiger partial charge in [-0.25, -0.2) is 0 Å². The maximum atomic E-state index is 2.50. The maximum absolute atomic E-state index is 2.50. The highest BCUT2D eigenvalue weighted by Crippen LogP contribution is 2.46. The summed E-state index contributed by atoms with van der Waals surface area (Å²) >= 11 is 0. The van der Waals surface area contributed by atoms with Gasteiger partial charge in [-0.05, 0) is 36.5 Å². The van der Waals surface area contributed by atoms with Gasteiger partial charge in [0.25, 0.3) is 0 Å². The van der Waals surface area contributed by atoms with Crippen molar-refractivity contribution in [3.8, 4) is 0 Å². The second kappa shape index (κ2) is 3.40. The summed E-state index contributed by atoms with van der Waals surface area (Å²) in [6.45, 7) is 4.88. The molecule has 4 atom stereocenters. The van der Waals surface area contributed by atoms with Crippen LogP contribution in [-0.2, 0) is 0 Å². The Kier molecular flexibility index (Phi) is 2.43. The molecule has 70 valence electrons. The lowest BCUT2D eigenvalue weighted by Crippen LogP contribution is -2.33. The van der Waals surface area contributed by atoms with Crippen LogP contribution in [0.25, 0.3) is 0 Å².